The molecular weight excluding hydrogens is 342 g/mol. The molecule has 2 atom stereocenters. The lowest BCUT2D eigenvalue weighted by molar-refractivity contribution is -0.0738. The van der Waals surface area contributed by atoms with E-state index in [0.717, 1.165) is 44.0 Å². The average molecular weight is 369 g/mol. The van der Waals surface area contributed by atoms with E-state index in [1.54, 1.807) is 7.11 Å². The first-order chi connectivity index (χ1) is 13.3. The van der Waals surface area contributed by atoms with Gasteiger partial charge >= 0.3 is 0 Å². The standard InChI is InChI=1S/C20H27N5O2/c1-26-18-4-2-3-16(11-18)23-8-5-15(6-9-23)24-10-7-20-19(13-24)25-17(14-27-20)12-21-22-25/h2-4,11-12,15,19-20H,5-10,13-14H2,1H3/t19-,20-/m0/s1. The van der Waals surface area contributed by atoms with Crippen LogP contribution in [0.5, 0.6) is 5.75 Å². The van der Waals surface area contributed by atoms with Crippen molar-refractivity contribution in [1.82, 2.24) is 19.9 Å². The maximum Gasteiger partial charge on any atom is 0.120 e. The third kappa shape index (κ3) is 3.19. The maximum atomic E-state index is 6.05. The molecule has 2 fully saturated rings. The minimum atomic E-state index is 0.285. The van der Waals surface area contributed by atoms with Crippen molar-refractivity contribution >= 4 is 5.69 Å². The molecule has 5 rings (SSSR count). The summed E-state index contributed by atoms with van der Waals surface area (Å²) in [6.45, 7) is 4.97. The summed E-state index contributed by atoms with van der Waals surface area (Å²) in [4.78, 5) is 5.13. The SMILES string of the molecule is COc1cccc(N2CCC(N3CC[C@@H]4OCc5cnnn5[C@H]4C3)CC2)c1. The molecular formula is C20H27N5O2. The summed E-state index contributed by atoms with van der Waals surface area (Å²) in [6, 6.07) is 9.34. The first kappa shape index (κ1) is 17.0. The fourth-order valence-electron chi connectivity index (χ4n) is 4.83. The first-order valence-electron chi connectivity index (χ1n) is 9.95. The zero-order valence-electron chi connectivity index (χ0n) is 15.8. The van der Waals surface area contributed by atoms with Crippen LogP contribution in [0.2, 0.25) is 0 Å². The van der Waals surface area contributed by atoms with Crippen LogP contribution in [0.25, 0.3) is 0 Å². The minimum Gasteiger partial charge on any atom is -0.497 e. The number of rotatable bonds is 3. The molecule has 7 heteroatoms. The van der Waals surface area contributed by atoms with Crippen LogP contribution in [-0.4, -0.2) is 65.3 Å². The van der Waals surface area contributed by atoms with Gasteiger partial charge in [-0.05, 0) is 31.4 Å². The quantitative estimate of drug-likeness (QED) is 0.826. The molecule has 3 aliphatic heterocycles. The Labute approximate surface area is 159 Å². The molecule has 3 aliphatic rings. The molecule has 7 nitrogen and oxygen atoms in total. The molecule has 27 heavy (non-hydrogen) atoms. The van der Waals surface area contributed by atoms with Gasteiger partial charge in [-0.1, -0.05) is 11.3 Å². The highest BCUT2D eigenvalue weighted by Gasteiger charge is 2.38. The number of nitrogens with zero attached hydrogens (tertiary/aromatic N) is 5. The van der Waals surface area contributed by atoms with Gasteiger partial charge in [0.15, 0.2) is 0 Å². The molecule has 0 aliphatic carbocycles. The van der Waals surface area contributed by atoms with E-state index in [4.69, 9.17) is 9.47 Å². The molecule has 0 amide bonds. The fraction of sp³-hybridized carbons (Fsp3) is 0.600. The Morgan fingerprint density at radius 1 is 1.15 bits per heavy atom. The van der Waals surface area contributed by atoms with Gasteiger partial charge < -0.3 is 14.4 Å². The van der Waals surface area contributed by atoms with Crippen LogP contribution in [-0.2, 0) is 11.3 Å². The van der Waals surface area contributed by atoms with E-state index in [9.17, 15) is 0 Å². The van der Waals surface area contributed by atoms with E-state index in [1.807, 2.05) is 12.3 Å². The second-order valence-corrected chi connectivity index (χ2v) is 7.79. The van der Waals surface area contributed by atoms with Crippen LogP contribution >= 0.6 is 0 Å². The highest BCUT2D eigenvalue weighted by Crippen LogP contribution is 2.33. The predicted octanol–water partition coefficient (Wildman–Crippen LogP) is 2.10. The number of ether oxygens (including phenoxy) is 2. The van der Waals surface area contributed by atoms with E-state index in [-0.39, 0.29) is 6.10 Å². The number of likely N-dealkylation sites (tertiary alicyclic amines) is 1. The lowest BCUT2D eigenvalue weighted by Crippen LogP contribution is -2.53. The zero-order valence-corrected chi connectivity index (χ0v) is 15.8. The average Bonchev–Trinajstić information content (AvgIpc) is 3.23. The van der Waals surface area contributed by atoms with E-state index < -0.39 is 0 Å². The summed E-state index contributed by atoms with van der Waals surface area (Å²) in [5, 5.41) is 8.42. The summed E-state index contributed by atoms with van der Waals surface area (Å²) in [6.07, 6.45) is 5.59. The Balaban J connectivity index is 1.23. The molecule has 0 unspecified atom stereocenters. The number of hydrogen-bond acceptors (Lipinski definition) is 6. The van der Waals surface area contributed by atoms with Gasteiger partial charge in [-0.2, -0.15) is 0 Å². The van der Waals surface area contributed by atoms with E-state index in [0.29, 0.717) is 18.7 Å². The summed E-state index contributed by atoms with van der Waals surface area (Å²) in [5.41, 5.74) is 2.37. The molecule has 0 spiro atoms. The number of hydrogen-bond donors (Lipinski definition) is 0. The number of piperidine rings is 2. The Kier molecular flexibility index (Phi) is 4.49. The normalized spacial score (nSPS) is 26.5. The van der Waals surface area contributed by atoms with Crippen molar-refractivity contribution in [3.05, 3.63) is 36.2 Å². The summed E-state index contributed by atoms with van der Waals surface area (Å²) >= 11 is 0. The van der Waals surface area contributed by atoms with Gasteiger partial charge in [-0.15, -0.1) is 5.10 Å². The molecule has 1 aromatic carbocycles. The Hall–Kier alpha value is -2.12. The van der Waals surface area contributed by atoms with Gasteiger partial charge in [-0.25, -0.2) is 4.68 Å². The monoisotopic (exact) mass is 369 g/mol. The van der Waals surface area contributed by atoms with Crippen molar-refractivity contribution < 1.29 is 9.47 Å². The van der Waals surface area contributed by atoms with E-state index in [1.165, 1.54) is 18.5 Å². The number of benzene rings is 1. The highest BCUT2D eigenvalue weighted by atomic mass is 16.5. The molecule has 0 radical (unpaired) electrons. The summed E-state index contributed by atoms with van der Waals surface area (Å²) in [7, 11) is 1.73. The molecule has 2 saturated heterocycles. The van der Waals surface area contributed by atoms with Gasteiger partial charge in [0.1, 0.15) is 5.75 Å². The number of aromatic nitrogens is 3. The Morgan fingerprint density at radius 2 is 2.04 bits per heavy atom. The van der Waals surface area contributed by atoms with Crippen molar-refractivity contribution in [1.29, 1.82) is 0 Å². The highest BCUT2D eigenvalue weighted by molar-refractivity contribution is 5.51. The van der Waals surface area contributed by atoms with Crippen molar-refractivity contribution in [2.75, 3.05) is 38.2 Å². The Morgan fingerprint density at radius 3 is 2.89 bits per heavy atom. The second kappa shape index (κ2) is 7.13. The van der Waals surface area contributed by atoms with Crippen LogP contribution in [0, 0.1) is 0 Å². The molecule has 0 N–H and O–H groups in total. The number of fused-ring (bicyclic) bond motifs is 3. The largest absolute Gasteiger partial charge is 0.497 e. The minimum absolute atomic E-state index is 0.285. The summed E-state index contributed by atoms with van der Waals surface area (Å²) < 4.78 is 13.5. The van der Waals surface area contributed by atoms with Crippen LogP contribution in [0.4, 0.5) is 5.69 Å². The molecule has 2 aromatic rings. The molecule has 0 saturated carbocycles. The van der Waals surface area contributed by atoms with Gasteiger partial charge in [0, 0.05) is 44.0 Å². The maximum absolute atomic E-state index is 6.05. The fourth-order valence-corrected chi connectivity index (χ4v) is 4.83. The van der Waals surface area contributed by atoms with Gasteiger partial charge in [0.2, 0.25) is 0 Å². The van der Waals surface area contributed by atoms with E-state index >= 15 is 0 Å². The van der Waals surface area contributed by atoms with Gasteiger partial charge in [-0.3, -0.25) is 4.90 Å². The van der Waals surface area contributed by atoms with Crippen LogP contribution in [0.15, 0.2) is 30.5 Å². The second-order valence-electron chi connectivity index (χ2n) is 7.79. The predicted molar refractivity (Wildman–Crippen MR) is 102 cm³/mol. The van der Waals surface area contributed by atoms with E-state index in [2.05, 4.69) is 43.0 Å². The van der Waals surface area contributed by atoms with Gasteiger partial charge in [0.05, 0.1) is 37.8 Å². The van der Waals surface area contributed by atoms with Gasteiger partial charge in [0.25, 0.3) is 0 Å². The number of anilines is 1. The lowest BCUT2D eigenvalue weighted by atomic mass is 9.95. The molecule has 144 valence electrons. The number of methoxy groups -OCH3 is 1. The molecule has 1 aromatic heterocycles. The van der Waals surface area contributed by atoms with Crippen LogP contribution < -0.4 is 9.64 Å². The van der Waals surface area contributed by atoms with Crippen molar-refractivity contribution in [3.63, 3.8) is 0 Å². The van der Waals surface area contributed by atoms with Crippen LogP contribution in [0.1, 0.15) is 31.0 Å². The zero-order chi connectivity index (χ0) is 18.2. The molecule has 0 bridgehead atoms. The van der Waals surface area contributed by atoms with Crippen molar-refractivity contribution in [2.24, 2.45) is 0 Å². The lowest BCUT2D eigenvalue weighted by Gasteiger charge is -2.46. The van der Waals surface area contributed by atoms with Crippen LogP contribution in [0.3, 0.4) is 0 Å². The molecule has 4 heterocycles. The third-order valence-corrected chi connectivity index (χ3v) is 6.36. The smallest absolute Gasteiger partial charge is 0.120 e. The first-order valence-corrected chi connectivity index (χ1v) is 9.95. The summed E-state index contributed by atoms with van der Waals surface area (Å²) in [5.74, 6) is 0.928. The Bertz CT molecular complexity index is 786. The third-order valence-electron chi connectivity index (χ3n) is 6.36. The topological polar surface area (TPSA) is 55.6 Å². The van der Waals surface area contributed by atoms with Crippen molar-refractivity contribution in [2.45, 2.75) is 44.1 Å². The van der Waals surface area contributed by atoms with Crippen molar-refractivity contribution in [3.8, 4) is 5.75 Å².